The summed E-state index contributed by atoms with van der Waals surface area (Å²) in [5.74, 6) is -1.13. The number of benzene rings is 3. The molecule has 0 aliphatic carbocycles. The molecule has 0 fully saturated rings. The molecule has 3 aromatic rings. The van der Waals surface area contributed by atoms with Gasteiger partial charge in [-0.15, -0.1) is 0 Å². The lowest BCUT2D eigenvalue weighted by Crippen LogP contribution is -2.29. The Morgan fingerprint density at radius 2 is 1.39 bits per heavy atom. The van der Waals surface area contributed by atoms with E-state index in [4.69, 9.17) is 5.73 Å². The number of aliphatic imine (C=N–C) groups is 1. The number of nitriles is 1. The molecular formula is C25H15N5O3. The fourth-order valence-electron chi connectivity index (χ4n) is 3.89. The Bertz CT molecular complexity index is 1430. The lowest BCUT2D eigenvalue weighted by molar-refractivity contribution is -0.114. The largest absolute Gasteiger partial charge is 0.365 e. The first-order valence-electron chi connectivity index (χ1n) is 9.97. The molecule has 3 N–H and O–H groups in total. The number of carbonyl (C=O) groups is 3. The second kappa shape index (κ2) is 7.59. The van der Waals surface area contributed by atoms with Gasteiger partial charge in [-0.25, -0.2) is 9.89 Å². The van der Waals surface area contributed by atoms with E-state index in [-0.39, 0.29) is 23.1 Å². The molecule has 0 radical (unpaired) electrons. The first-order chi connectivity index (χ1) is 16.0. The number of amides is 3. The van der Waals surface area contributed by atoms with Crippen molar-refractivity contribution in [3.63, 3.8) is 0 Å². The molecular weight excluding hydrogens is 418 g/mol. The lowest BCUT2D eigenvalue weighted by atomic mass is 10.0. The van der Waals surface area contributed by atoms with Crippen molar-refractivity contribution in [1.82, 2.24) is 0 Å². The predicted molar refractivity (Wildman–Crippen MR) is 122 cm³/mol. The van der Waals surface area contributed by atoms with Crippen LogP contribution in [0, 0.1) is 11.3 Å². The van der Waals surface area contributed by atoms with Crippen LogP contribution in [-0.4, -0.2) is 23.6 Å². The fraction of sp³-hybridized carbons (Fsp3) is 0. The zero-order valence-corrected chi connectivity index (χ0v) is 17.1. The normalized spacial score (nSPS) is 15.5. The molecule has 0 bridgehead atoms. The van der Waals surface area contributed by atoms with Crippen LogP contribution in [-0.2, 0) is 4.79 Å². The minimum absolute atomic E-state index is 0.214. The lowest BCUT2D eigenvalue weighted by Gasteiger charge is -2.15. The van der Waals surface area contributed by atoms with Crippen molar-refractivity contribution >= 4 is 40.6 Å². The van der Waals surface area contributed by atoms with Crippen molar-refractivity contribution in [2.24, 2.45) is 10.7 Å². The summed E-state index contributed by atoms with van der Waals surface area (Å²) in [6.07, 6.45) is 0. The van der Waals surface area contributed by atoms with Gasteiger partial charge in [0, 0.05) is 16.8 Å². The highest BCUT2D eigenvalue weighted by Crippen LogP contribution is 2.33. The summed E-state index contributed by atoms with van der Waals surface area (Å²) >= 11 is 0. The van der Waals surface area contributed by atoms with Gasteiger partial charge in [-0.3, -0.25) is 14.4 Å². The number of nitrogens with one attached hydrogen (secondary N) is 1. The molecule has 2 aliphatic rings. The van der Waals surface area contributed by atoms with Crippen LogP contribution in [0.1, 0.15) is 31.8 Å². The molecule has 0 atom stereocenters. The molecule has 0 spiro atoms. The second-order valence-electron chi connectivity index (χ2n) is 7.37. The van der Waals surface area contributed by atoms with E-state index < -0.39 is 5.91 Å². The fourth-order valence-corrected chi connectivity index (χ4v) is 3.89. The molecule has 0 saturated carbocycles. The molecule has 0 aromatic heterocycles. The molecule has 3 amide bonds. The minimum Gasteiger partial charge on any atom is -0.365 e. The van der Waals surface area contributed by atoms with Crippen LogP contribution < -0.4 is 16.0 Å². The Labute approximate surface area is 188 Å². The molecule has 8 nitrogen and oxygen atoms in total. The number of rotatable bonds is 3. The van der Waals surface area contributed by atoms with Gasteiger partial charge in [0.15, 0.2) is 0 Å². The number of fused-ring (bicyclic) bond motifs is 2. The van der Waals surface area contributed by atoms with Crippen LogP contribution in [0.2, 0.25) is 0 Å². The van der Waals surface area contributed by atoms with E-state index in [1.165, 1.54) is 0 Å². The van der Waals surface area contributed by atoms with Gasteiger partial charge in [0.1, 0.15) is 17.5 Å². The monoisotopic (exact) mass is 433 g/mol. The van der Waals surface area contributed by atoms with Crippen molar-refractivity contribution in [3.05, 3.63) is 101 Å². The second-order valence-corrected chi connectivity index (χ2v) is 7.37. The van der Waals surface area contributed by atoms with Gasteiger partial charge in [-0.1, -0.05) is 36.4 Å². The maximum Gasteiger partial charge on any atom is 0.266 e. The smallest absolute Gasteiger partial charge is 0.266 e. The van der Waals surface area contributed by atoms with Gasteiger partial charge >= 0.3 is 0 Å². The van der Waals surface area contributed by atoms with E-state index in [9.17, 15) is 19.6 Å². The van der Waals surface area contributed by atoms with Crippen LogP contribution in [0.3, 0.4) is 0 Å². The quantitative estimate of drug-likeness (QED) is 0.373. The number of amidine groups is 1. The standard InChI is InChI=1S/C25H15N5O3/c26-13-20(22(27)31)21-16-5-1-2-6-17(16)23(29-21)28-14-9-11-15(12-10-14)30-24(32)18-7-3-4-8-19(18)25(30)33/h1-12H,(H2,27,31)(H,28,29)/b21-20+. The van der Waals surface area contributed by atoms with E-state index in [2.05, 4.69) is 10.3 Å². The number of primary amides is 1. The number of carbonyl (C=O) groups excluding carboxylic acids is 3. The van der Waals surface area contributed by atoms with Gasteiger partial charge in [0.05, 0.1) is 22.5 Å². The number of hydrogen-bond acceptors (Lipinski definition) is 6. The maximum atomic E-state index is 12.7. The SMILES string of the molecule is N#C/C(C(N)=O)=C1\N=C(Nc2ccc(N3C(=O)c4ccccc4C3=O)cc2)c2ccccc21. The summed E-state index contributed by atoms with van der Waals surface area (Å²) < 4.78 is 0. The summed E-state index contributed by atoms with van der Waals surface area (Å²) in [5.41, 5.74) is 8.52. The highest BCUT2D eigenvalue weighted by atomic mass is 16.2. The average molecular weight is 433 g/mol. The van der Waals surface area contributed by atoms with E-state index in [0.29, 0.717) is 39.5 Å². The van der Waals surface area contributed by atoms with Gasteiger partial charge in [-0.05, 0) is 36.4 Å². The van der Waals surface area contributed by atoms with Gasteiger partial charge < -0.3 is 11.1 Å². The Morgan fingerprint density at radius 3 is 1.94 bits per heavy atom. The number of nitrogens with zero attached hydrogens (tertiary/aromatic N) is 3. The Hall–Kier alpha value is -5.03. The van der Waals surface area contributed by atoms with E-state index >= 15 is 0 Å². The van der Waals surface area contributed by atoms with E-state index in [1.54, 1.807) is 60.7 Å². The summed E-state index contributed by atoms with van der Waals surface area (Å²) in [4.78, 5) is 42.6. The topological polar surface area (TPSA) is 129 Å². The Morgan fingerprint density at radius 1 is 0.848 bits per heavy atom. The third-order valence-electron chi connectivity index (χ3n) is 5.44. The maximum absolute atomic E-state index is 12.7. The molecule has 2 heterocycles. The minimum atomic E-state index is -0.849. The number of imide groups is 1. The Balaban J connectivity index is 1.45. The summed E-state index contributed by atoms with van der Waals surface area (Å²) in [5, 5.41) is 12.5. The van der Waals surface area contributed by atoms with Crippen LogP contribution in [0.5, 0.6) is 0 Å². The molecule has 5 rings (SSSR count). The molecule has 8 heteroatoms. The number of hydrogen-bond donors (Lipinski definition) is 2. The van der Waals surface area contributed by atoms with Crippen LogP contribution in [0.15, 0.2) is 83.4 Å². The zero-order chi connectivity index (χ0) is 23.1. The molecule has 158 valence electrons. The first-order valence-corrected chi connectivity index (χ1v) is 9.97. The molecule has 33 heavy (non-hydrogen) atoms. The summed E-state index contributed by atoms with van der Waals surface area (Å²) in [6, 6.07) is 22.5. The van der Waals surface area contributed by atoms with E-state index in [1.807, 2.05) is 18.2 Å². The third kappa shape index (κ3) is 3.16. The van der Waals surface area contributed by atoms with Crippen LogP contribution in [0.4, 0.5) is 11.4 Å². The Kier molecular flexibility index (Phi) is 4.58. The number of nitrogens with two attached hydrogens (primary N) is 1. The highest BCUT2D eigenvalue weighted by molar-refractivity contribution is 6.34. The van der Waals surface area contributed by atoms with Gasteiger partial charge in [0.2, 0.25) is 0 Å². The van der Waals surface area contributed by atoms with Gasteiger partial charge in [-0.2, -0.15) is 5.26 Å². The summed E-state index contributed by atoms with van der Waals surface area (Å²) in [6.45, 7) is 0. The molecule has 2 aliphatic heterocycles. The first kappa shape index (κ1) is 19.9. The van der Waals surface area contributed by atoms with E-state index in [0.717, 1.165) is 4.90 Å². The molecule has 3 aromatic carbocycles. The van der Waals surface area contributed by atoms with Crippen molar-refractivity contribution < 1.29 is 14.4 Å². The van der Waals surface area contributed by atoms with Crippen LogP contribution in [0.25, 0.3) is 5.70 Å². The molecule has 0 unspecified atom stereocenters. The third-order valence-corrected chi connectivity index (χ3v) is 5.44. The predicted octanol–water partition coefficient (Wildman–Crippen LogP) is 3.08. The number of anilines is 2. The van der Waals surface area contributed by atoms with Crippen LogP contribution >= 0.6 is 0 Å². The highest BCUT2D eigenvalue weighted by Gasteiger charge is 2.36. The molecule has 0 saturated heterocycles. The average Bonchev–Trinajstić information content (AvgIpc) is 3.30. The summed E-state index contributed by atoms with van der Waals surface area (Å²) in [7, 11) is 0. The van der Waals surface area contributed by atoms with Crippen molar-refractivity contribution in [2.45, 2.75) is 0 Å². The van der Waals surface area contributed by atoms with Crippen molar-refractivity contribution in [2.75, 3.05) is 10.2 Å². The van der Waals surface area contributed by atoms with Gasteiger partial charge in [0.25, 0.3) is 17.7 Å². The van der Waals surface area contributed by atoms with Crippen molar-refractivity contribution in [1.29, 1.82) is 5.26 Å². The zero-order valence-electron chi connectivity index (χ0n) is 17.1. The van der Waals surface area contributed by atoms with Crippen molar-refractivity contribution in [3.8, 4) is 6.07 Å².